The van der Waals surface area contributed by atoms with E-state index < -0.39 is 0 Å². The molecule has 1 nitrogen and oxygen atoms in total. The molecule has 0 saturated carbocycles. The lowest BCUT2D eigenvalue weighted by Crippen LogP contribution is -2.24. The first-order valence-electron chi connectivity index (χ1n) is 18.8. The molecule has 0 spiro atoms. The quantitative estimate of drug-likeness (QED) is 0.168. The molecule has 0 unspecified atom stereocenters. The Morgan fingerprint density at radius 1 is 0.333 bits per heavy atom. The van der Waals surface area contributed by atoms with Gasteiger partial charge >= 0.3 is 0 Å². The minimum Gasteiger partial charge on any atom is -0.310 e. The van der Waals surface area contributed by atoms with E-state index in [0.717, 1.165) is 17.1 Å². The molecule has 0 aromatic heterocycles. The van der Waals surface area contributed by atoms with Crippen LogP contribution in [0.15, 0.2) is 200 Å². The molecule has 9 aromatic carbocycles. The van der Waals surface area contributed by atoms with Crippen molar-refractivity contribution in [3.8, 4) is 44.5 Å². The Morgan fingerprint density at radius 3 is 1.50 bits per heavy atom. The number of benzene rings is 9. The molecule has 0 fully saturated rings. The van der Waals surface area contributed by atoms with Gasteiger partial charge in [0, 0.05) is 22.5 Å². The van der Waals surface area contributed by atoms with Crippen LogP contribution < -0.4 is 4.90 Å². The predicted molar refractivity (Wildman–Crippen MR) is 230 cm³/mol. The molecule has 0 radical (unpaired) electrons. The molecule has 0 atom stereocenters. The Morgan fingerprint density at radius 2 is 0.852 bits per heavy atom. The molecule has 1 aliphatic rings. The van der Waals surface area contributed by atoms with Gasteiger partial charge in [0.25, 0.3) is 0 Å². The first-order chi connectivity index (χ1) is 26.5. The van der Waals surface area contributed by atoms with Gasteiger partial charge in [-0.2, -0.15) is 0 Å². The lowest BCUT2D eigenvalue weighted by molar-refractivity contribution is 0.645. The molecular weight excluding hydrogens is 651 g/mol. The van der Waals surface area contributed by atoms with Crippen molar-refractivity contribution in [2.75, 3.05) is 4.90 Å². The van der Waals surface area contributed by atoms with E-state index in [2.05, 4.69) is 219 Å². The number of hydrogen-bond acceptors (Lipinski definition) is 1. The van der Waals surface area contributed by atoms with Gasteiger partial charge in [-0.05, 0) is 120 Å². The maximum atomic E-state index is 2.45. The van der Waals surface area contributed by atoms with Gasteiger partial charge in [0.1, 0.15) is 0 Å². The summed E-state index contributed by atoms with van der Waals surface area (Å²) in [6, 6.07) is 73.4. The number of hydrogen-bond donors (Lipinski definition) is 0. The summed E-state index contributed by atoms with van der Waals surface area (Å²) >= 11 is 0. The number of anilines is 3. The van der Waals surface area contributed by atoms with Crippen molar-refractivity contribution in [1.29, 1.82) is 0 Å². The van der Waals surface area contributed by atoms with Crippen LogP contribution in [0.5, 0.6) is 0 Å². The van der Waals surface area contributed by atoms with Crippen LogP contribution in [0.4, 0.5) is 17.1 Å². The van der Waals surface area contributed by atoms with Gasteiger partial charge in [0.05, 0.1) is 0 Å². The number of rotatable bonds is 6. The smallest absolute Gasteiger partial charge is 0.0468 e. The second-order valence-corrected chi connectivity index (χ2v) is 15.0. The van der Waals surface area contributed by atoms with Crippen LogP contribution >= 0.6 is 0 Å². The zero-order valence-corrected chi connectivity index (χ0v) is 30.5. The SMILES string of the molecule is CC1(C)c2ccc(N(c3ccc(-c4ccccc4)cc3)c3ccc(-c4ccccc4)cc3)cc2-c2c(-c3ccc4ccccc4c3)ccc3cccc1c23. The Kier molecular flexibility index (Phi) is 7.56. The second kappa shape index (κ2) is 12.8. The highest BCUT2D eigenvalue weighted by Crippen LogP contribution is 2.53. The zero-order chi connectivity index (χ0) is 36.2. The maximum Gasteiger partial charge on any atom is 0.0468 e. The van der Waals surface area contributed by atoms with Gasteiger partial charge in [-0.15, -0.1) is 0 Å². The summed E-state index contributed by atoms with van der Waals surface area (Å²) in [6.07, 6.45) is 0. The summed E-state index contributed by atoms with van der Waals surface area (Å²) in [5, 5.41) is 5.14. The number of nitrogens with zero attached hydrogens (tertiary/aromatic N) is 1. The maximum absolute atomic E-state index is 2.45. The van der Waals surface area contributed by atoms with Crippen LogP contribution in [0.25, 0.3) is 66.1 Å². The van der Waals surface area contributed by atoms with Gasteiger partial charge in [-0.25, -0.2) is 0 Å². The lowest BCUT2D eigenvalue weighted by atomic mass is 9.67. The first kappa shape index (κ1) is 32.0. The Balaban J connectivity index is 1.18. The fourth-order valence-corrected chi connectivity index (χ4v) is 8.66. The van der Waals surface area contributed by atoms with E-state index in [0.29, 0.717) is 0 Å². The van der Waals surface area contributed by atoms with Gasteiger partial charge in [0.2, 0.25) is 0 Å². The molecule has 256 valence electrons. The van der Waals surface area contributed by atoms with E-state index in [9.17, 15) is 0 Å². The van der Waals surface area contributed by atoms with Gasteiger partial charge < -0.3 is 4.90 Å². The number of fused-ring (bicyclic) bond motifs is 3. The molecule has 10 rings (SSSR count). The summed E-state index contributed by atoms with van der Waals surface area (Å²) in [5.74, 6) is 0. The third-order valence-corrected chi connectivity index (χ3v) is 11.4. The molecule has 0 saturated heterocycles. The first-order valence-corrected chi connectivity index (χ1v) is 18.8. The second-order valence-electron chi connectivity index (χ2n) is 15.0. The molecule has 0 heterocycles. The highest BCUT2D eigenvalue weighted by molar-refractivity contribution is 6.10. The predicted octanol–water partition coefficient (Wildman–Crippen LogP) is 14.8. The van der Waals surface area contributed by atoms with Crippen molar-refractivity contribution in [2.24, 2.45) is 0 Å². The van der Waals surface area contributed by atoms with Crippen molar-refractivity contribution in [2.45, 2.75) is 19.3 Å². The Labute approximate surface area is 317 Å². The third kappa shape index (κ3) is 5.32. The van der Waals surface area contributed by atoms with Crippen molar-refractivity contribution in [3.05, 3.63) is 211 Å². The molecule has 1 heteroatoms. The van der Waals surface area contributed by atoms with E-state index in [1.165, 1.54) is 77.2 Å². The van der Waals surface area contributed by atoms with E-state index in [1.54, 1.807) is 0 Å². The normalized spacial score (nSPS) is 12.8. The van der Waals surface area contributed by atoms with Crippen LogP contribution in [0.2, 0.25) is 0 Å². The van der Waals surface area contributed by atoms with Crippen molar-refractivity contribution >= 4 is 38.6 Å². The summed E-state index contributed by atoms with van der Waals surface area (Å²) in [4.78, 5) is 2.41. The van der Waals surface area contributed by atoms with Crippen molar-refractivity contribution < 1.29 is 0 Å². The molecule has 0 bridgehead atoms. The largest absolute Gasteiger partial charge is 0.310 e. The van der Waals surface area contributed by atoms with Gasteiger partial charge in [0.15, 0.2) is 0 Å². The minimum absolute atomic E-state index is 0.179. The summed E-state index contributed by atoms with van der Waals surface area (Å²) in [7, 11) is 0. The van der Waals surface area contributed by atoms with Crippen LogP contribution in [0.3, 0.4) is 0 Å². The third-order valence-electron chi connectivity index (χ3n) is 11.4. The molecule has 0 N–H and O–H groups in total. The lowest BCUT2D eigenvalue weighted by Gasteiger charge is -2.37. The average Bonchev–Trinajstić information content (AvgIpc) is 3.23. The van der Waals surface area contributed by atoms with Crippen LogP contribution in [-0.2, 0) is 5.41 Å². The zero-order valence-electron chi connectivity index (χ0n) is 30.5. The fourth-order valence-electron chi connectivity index (χ4n) is 8.66. The van der Waals surface area contributed by atoms with E-state index in [4.69, 9.17) is 0 Å². The highest BCUT2D eigenvalue weighted by Gasteiger charge is 2.35. The topological polar surface area (TPSA) is 3.24 Å². The minimum atomic E-state index is -0.179. The molecule has 54 heavy (non-hydrogen) atoms. The van der Waals surface area contributed by atoms with Crippen LogP contribution in [-0.4, -0.2) is 0 Å². The van der Waals surface area contributed by atoms with E-state index in [1.807, 2.05) is 0 Å². The molecule has 0 aliphatic heterocycles. The van der Waals surface area contributed by atoms with Crippen LogP contribution in [0.1, 0.15) is 25.0 Å². The molecule has 0 amide bonds. The summed E-state index contributed by atoms with van der Waals surface area (Å²) < 4.78 is 0. The van der Waals surface area contributed by atoms with E-state index in [-0.39, 0.29) is 5.41 Å². The van der Waals surface area contributed by atoms with Crippen molar-refractivity contribution in [3.63, 3.8) is 0 Å². The monoisotopic (exact) mass is 689 g/mol. The highest BCUT2D eigenvalue weighted by atomic mass is 15.1. The summed E-state index contributed by atoms with van der Waals surface area (Å²) in [6.45, 7) is 4.77. The molecular formula is C53H39N. The van der Waals surface area contributed by atoms with Gasteiger partial charge in [-0.3, -0.25) is 0 Å². The van der Waals surface area contributed by atoms with Crippen LogP contribution in [0, 0.1) is 0 Å². The molecule has 9 aromatic rings. The Hall–Kier alpha value is -6.70. The standard InChI is InChI=1S/C53H39N/c1-53(2)49-33-31-46(35-48(49)52-47(32-26-41-18-11-19-50(53)51(41)52)43-21-20-38-16-9-10-17-42(38)34-43)54(44-27-22-39(23-28-44)36-12-5-3-6-13-36)45-29-24-40(25-30-45)37-14-7-4-8-15-37/h3-35H,1-2H3. The average molecular weight is 690 g/mol. The fraction of sp³-hybridized carbons (Fsp3) is 0.0566. The summed E-state index contributed by atoms with van der Waals surface area (Å²) in [5.41, 5.74) is 15.8. The van der Waals surface area contributed by atoms with Crippen molar-refractivity contribution in [1.82, 2.24) is 0 Å². The van der Waals surface area contributed by atoms with E-state index >= 15 is 0 Å². The van der Waals surface area contributed by atoms with Gasteiger partial charge in [-0.1, -0.05) is 172 Å². The Bertz CT molecular complexity index is 2730. The molecule has 1 aliphatic carbocycles.